The minimum Gasteiger partial charge on any atom is -0.469 e. The molecule has 0 saturated carbocycles. The summed E-state index contributed by atoms with van der Waals surface area (Å²) in [7, 11) is 1.90. The number of nitrogens with zero attached hydrogens (tertiary/aromatic N) is 3. The smallest absolute Gasteiger partial charge is 0.191 e. The largest absolute Gasteiger partial charge is 0.469 e. The van der Waals surface area contributed by atoms with Crippen molar-refractivity contribution in [2.45, 2.75) is 31.2 Å². The highest BCUT2D eigenvalue weighted by atomic mass is 35.5. The lowest BCUT2D eigenvalue weighted by Gasteiger charge is -2.16. The van der Waals surface area contributed by atoms with Crippen LogP contribution in [-0.4, -0.2) is 38.3 Å². The summed E-state index contributed by atoms with van der Waals surface area (Å²) in [4.78, 5) is 0. The van der Waals surface area contributed by atoms with E-state index >= 15 is 0 Å². The Morgan fingerprint density at radius 1 is 1.26 bits per heavy atom. The number of hydrogen-bond donors (Lipinski definition) is 1. The van der Waals surface area contributed by atoms with E-state index in [0.717, 1.165) is 27.9 Å². The van der Waals surface area contributed by atoms with Crippen molar-refractivity contribution in [2.75, 3.05) is 12.4 Å². The molecule has 0 radical (unpaired) electrons. The van der Waals surface area contributed by atoms with Gasteiger partial charge < -0.3 is 18.8 Å². The number of benzene rings is 1. The topological polar surface area (TPSA) is 73.3 Å². The third kappa shape index (κ3) is 4.93. The van der Waals surface area contributed by atoms with Gasteiger partial charge in [-0.3, -0.25) is 0 Å². The van der Waals surface area contributed by atoms with E-state index < -0.39 is 6.10 Å². The second kappa shape index (κ2) is 8.93. The van der Waals surface area contributed by atoms with E-state index in [9.17, 15) is 5.11 Å². The molecule has 0 saturated heterocycles. The van der Waals surface area contributed by atoms with Crippen LogP contribution in [0, 0.1) is 6.92 Å². The zero-order valence-corrected chi connectivity index (χ0v) is 17.0. The zero-order valence-electron chi connectivity index (χ0n) is 15.4. The van der Waals surface area contributed by atoms with Gasteiger partial charge in [-0.05, 0) is 37.6 Å². The van der Waals surface area contributed by atoms with E-state index in [1.165, 1.54) is 11.8 Å². The lowest BCUT2D eigenvalue weighted by atomic mass is 10.1. The molecule has 2 heterocycles. The average molecular weight is 408 g/mol. The molecule has 8 heteroatoms. The summed E-state index contributed by atoms with van der Waals surface area (Å²) in [6, 6.07) is 9.38. The first-order valence-corrected chi connectivity index (χ1v) is 9.94. The Morgan fingerprint density at radius 3 is 2.67 bits per heavy atom. The normalized spacial score (nSPS) is 13.7. The second-order valence-corrected chi connectivity index (χ2v) is 7.67. The Kier molecular flexibility index (Phi) is 6.59. The molecule has 0 aliphatic carbocycles. The predicted octanol–water partition coefficient (Wildman–Crippen LogP) is 4.27. The number of aliphatic hydroxyl groups is 1. The Bertz CT molecular complexity index is 879. The van der Waals surface area contributed by atoms with Gasteiger partial charge in [0.25, 0.3) is 0 Å². The summed E-state index contributed by atoms with van der Waals surface area (Å²) < 4.78 is 13.0. The van der Waals surface area contributed by atoms with Gasteiger partial charge >= 0.3 is 0 Å². The molecule has 6 nitrogen and oxygen atoms in total. The molecule has 0 aliphatic rings. The van der Waals surface area contributed by atoms with Crippen LogP contribution in [-0.2, 0) is 11.8 Å². The van der Waals surface area contributed by atoms with Crippen LogP contribution in [0.2, 0.25) is 5.02 Å². The van der Waals surface area contributed by atoms with Crippen LogP contribution in [0.3, 0.4) is 0 Å². The summed E-state index contributed by atoms with van der Waals surface area (Å²) in [5, 5.41) is 20.1. The zero-order chi connectivity index (χ0) is 19.4. The molecular formula is C19H22ClN3O3S. The minimum atomic E-state index is -0.611. The number of hydrogen-bond acceptors (Lipinski definition) is 6. The van der Waals surface area contributed by atoms with Crippen LogP contribution in [0.4, 0.5) is 0 Å². The first-order valence-electron chi connectivity index (χ1n) is 8.57. The van der Waals surface area contributed by atoms with Crippen LogP contribution in [0.25, 0.3) is 11.4 Å². The standard InChI is InChI=1S/C19H22ClN3O3S/c1-12(14-4-6-15(20)7-5-14)26-10-16(24)11-27-19-22-21-18(23(19)3)17-8-9-25-13(17)2/h4-9,12,16,24H,10-11H2,1-3H3/t12-,16-/m0/s1. The molecule has 2 aromatic heterocycles. The Labute approximate surface area is 167 Å². The summed E-state index contributed by atoms with van der Waals surface area (Å²) in [5.74, 6) is 2.00. The van der Waals surface area contributed by atoms with Crippen molar-refractivity contribution >= 4 is 23.4 Å². The number of ether oxygens (including phenoxy) is 1. The molecule has 2 atom stereocenters. The Balaban J connectivity index is 1.51. The summed E-state index contributed by atoms with van der Waals surface area (Å²) >= 11 is 7.34. The van der Waals surface area contributed by atoms with E-state index in [4.69, 9.17) is 20.8 Å². The Hall–Kier alpha value is -1.80. The minimum absolute atomic E-state index is 0.118. The maximum atomic E-state index is 10.2. The van der Waals surface area contributed by atoms with Crippen molar-refractivity contribution in [2.24, 2.45) is 7.05 Å². The van der Waals surface area contributed by atoms with E-state index in [1.807, 2.05) is 55.8 Å². The van der Waals surface area contributed by atoms with Crippen molar-refractivity contribution in [1.29, 1.82) is 0 Å². The number of aromatic nitrogens is 3. The van der Waals surface area contributed by atoms with Crippen molar-refractivity contribution in [3.8, 4) is 11.4 Å². The van der Waals surface area contributed by atoms with Gasteiger partial charge in [0.1, 0.15) is 5.76 Å². The maximum absolute atomic E-state index is 10.2. The quantitative estimate of drug-likeness (QED) is 0.562. The van der Waals surface area contributed by atoms with Crippen molar-refractivity contribution in [1.82, 2.24) is 14.8 Å². The molecular weight excluding hydrogens is 386 g/mol. The highest BCUT2D eigenvalue weighted by molar-refractivity contribution is 7.99. The molecule has 0 amide bonds. The Morgan fingerprint density at radius 2 is 2.00 bits per heavy atom. The van der Waals surface area contributed by atoms with Gasteiger partial charge in [-0.15, -0.1) is 10.2 Å². The summed E-state index contributed by atoms with van der Waals surface area (Å²) in [6.07, 6.45) is 0.905. The first-order chi connectivity index (χ1) is 13.0. The highest BCUT2D eigenvalue weighted by Crippen LogP contribution is 2.26. The van der Waals surface area contributed by atoms with Crippen LogP contribution < -0.4 is 0 Å². The highest BCUT2D eigenvalue weighted by Gasteiger charge is 2.16. The first kappa shape index (κ1) is 19.9. The van der Waals surface area contributed by atoms with E-state index in [-0.39, 0.29) is 12.7 Å². The molecule has 0 aliphatic heterocycles. The SMILES string of the molecule is Cc1occc1-c1nnc(SC[C@@H](O)CO[C@@H](C)c2ccc(Cl)cc2)n1C. The fourth-order valence-electron chi connectivity index (χ4n) is 2.60. The molecule has 0 spiro atoms. The molecule has 0 fully saturated rings. The number of aliphatic hydroxyl groups excluding tert-OH is 1. The maximum Gasteiger partial charge on any atom is 0.191 e. The van der Waals surface area contributed by atoms with Crippen LogP contribution in [0.15, 0.2) is 46.2 Å². The van der Waals surface area contributed by atoms with E-state index in [0.29, 0.717) is 10.8 Å². The van der Waals surface area contributed by atoms with Crippen molar-refractivity contribution in [3.63, 3.8) is 0 Å². The molecule has 3 aromatic rings. The molecule has 0 bridgehead atoms. The molecule has 144 valence electrons. The number of thioether (sulfide) groups is 1. The van der Waals surface area contributed by atoms with Gasteiger partial charge in [0, 0.05) is 17.8 Å². The third-order valence-electron chi connectivity index (χ3n) is 4.22. The second-order valence-electron chi connectivity index (χ2n) is 6.25. The van der Waals surface area contributed by atoms with Crippen LogP contribution in [0.1, 0.15) is 24.4 Å². The number of halogens is 1. The summed E-state index contributed by atoms with van der Waals surface area (Å²) in [6.45, 7) is 4.08. The van der Waals surface area contributed by atoms with Gasteiger partial charge in [-0.1, -0.05) is 35.5 Å². The molecule has 0 unspecified atom stereocenters. The summed E-state index contributed by atoms with van der Waals surface area (Å²) in [5.41, 5.74) is 1.94. The predicted molar refractivity (Wildman–Crippen MR) is 106 cm³/mol. The van der Waals surface area contributed by atoms with E-state index in [1.54, 1.807) is 6.26 Å². The van der Waals surface area contributed by atoms with Gasteiger partial charge in [0.05, 0.1) is 30.6 Å². The number of rotatable bonds is 8. The fourth-order valence-corrected chi connectivity index (χ4v) is 3.54. The van der Waals surface area contributed by atoms with Crippen molar-refractivity contribution < 1.29 is 14.3 Å². The van der Waals surface area contributed by atoms with E-state index in [2.05, 4.69) is 10.2 Å². The lowest BCUT2D eigenvalue weighted by Crippen LogP contribution is -2.19. The fraction of sp³-hybridized carbons (Fsp3) is 0.368. The van der Waals surface area contributed by atoms with Crippen LogP contribution in [0.5, 0.6) is 0 Å². The van der Waals surface area contributed by atoms with Crippen molar-refractivity contribution in [3.05, 3.63) is 52.9 Å². The average Bonchev–Trinajstić information content (AvgIpc) is 3.23. The molecule has 1 aromatic carbocycles. The third-order valence-corrected chi connectivity index (χ3v) is 5.63. The lowest BCUT2D eigenvalue weighted by molar-refractivity contribution is 0.00621. The number of furan rings is 1. The van der Waals surface area contributed by atoms with Crippen LogP contribution >= 0.6 is 23.4 Å². The monoisotopic (exact) mass is 407 g/mol. The van der Waals surface area contributed by atoms with Gasteiger partial charge in [0.2, 0.25) is 0 Å². The van der Waals surface area contributed by atoms with Gasteiger partial charge in [-0.2, -0.15) is 0 Å². The van der Waals surface area contributed by atoms with Gasteiger partial charge in [-0.25, -0.2) is 0 Å². The van der Waals surface area contributed by atoms with Gasteiger partial charge in [0.15, 0.2) is 11.0 Å². The molecule has 1 N–H and O–H groups in total. The number of aryl methyl sites for hydroxylation is 1. The molecule has 27 heavy (non-hydrogen) atoms. The molecule has 3 rings (SSSR count).